The monoisotopic (exact) mass is 400 g/mol. The molecule has 1 aromatic carbocycles. The van der Waals surface area contributed by atoms with Crippen molar-refractivity contribution >= 4 is 33.6 Å². The minimum atomic E-state index is -0.565. The van der Waals surface area contributed by atoms with Crippen LogP contribution in [0.2, 0.25) is 0 Å². The van der Waals surface area contributed by atoms with Crippen LogP contribution in [0, 0.1) is 0 Å². The summed E-state index contributed by atoms with van der Waals surface area (Å²) in [6, 6.07) is 5.63. The van der Waals surface area contributed by atoms with E-state index in [-0.39, 0.29) is 25.5 Å². The molecule has 0 heterocycles. The van der Waals surface area contributed by atoms with Crippen molar-refractivity contribution in [1.29, 1.82) is 0 Å². The van der Waals surface area contributed by atoms with E-state index in [0.717, 1.165) is 10.0 Å². The van der Waals surface area contributed by atoms with E-state index in [1.54, 1.807) is 20.8 Å². The van der Waals surface area contributed by atoms with Gasteiger partial charge in [0.15, 0.2) is 0 Å². The van der Waals surface area contributed by atoms with Crippen LogP contribution in [-0.2, 0) is 16.0 Å². The number of nitrogens with one attached hydrogen (secondary N) is 2. The molecule has 0 atom stereocenters. The predicted octanol–water partition coefficient (Wildman–Crippen LogP) is 3.23. The smallest absolute Gasteiger partial charge is 0.407 e. The fourth-order valence-electron chi connectivity index (χ4n) is 1.96. The van der Waals surface area contributed by atoms with E-state index in [9.17, 15) is 9.59 Å². The summed E-state index contributed by atoms with van der Waals surface area (Å²) in [4.78, 5) is 23.6. The molecule has 0 unspecified atom stereocenters. The molecule has 2 amide bonds. The molecule has 0 saturated carbocycles. The average Bonchev–Trinajstić information content (AvgIpc) is 2.44. The molecule has 6 nitrogen and oxygen atoms in total. The van der Waals surface area contributed by atoms with Gasteiger partial charge in [0.05, 0.1) is 0 Å². The Labute approximate surface area is 151 Å². The molecule has 1 aromatic rings. The fraction of sp³-hybridized carbons (Fsp3) is 0.529. The zero-order chi connectivity index (χ0) is 18.2. The standard InChI is InChI=1S/C17H25BrN2O4/c1-17(2,3)24-16(23)19-9-8-15(22)20-14-11-13(18)7-6-12(14)5-4-10-21/h6-7,11,21H,4-5,8-10H2,1-3H3,(H,19,23)(H,20,22). The molecule has 24 heavy (non-hydrogen) atoms. The Kier molecular flexibility index (Phi) is 8.21. The van der Waals surface area contributed by atoms with Crippen LogP contribution < -0.4 is 10.6 Å². The molecular formula is C17H25BrN2O4. The molecule has 3 N–H and O–H groups in total. The zero-order valence-corrected chi connectivity index (χ0v) is 15.9. The maximum atomic E-state index is 12.0. The van der Waals surface area contributed by atoms with E-state index in [1.165, 1.54) is 0 Å². The largest absolute Gasteiger partial charge is 0.444 e. The van der Waals surface area contributed by atoms with E-state index in [0.29, 0.717) is 18.5 Å². The number of alkyl carbamates (subject to hydrolysis) is 1. The highest BCUT2D eigenvalue weighted by Crippen LogP contribution is 2.23. The van der Waals surface area contributed by atoms with Gasteiger partial charge in [-0.2, -0.15) is 0 Å². The van der Waals surface area contributed by atoms with Gasteiger partial charge in [0.2, 0.25) is 5.91 Å². The molecule has 0 spiro atoms. The van der Waals surface area contributed by atoms with Crippen molar-refractivity contribution in [2.75, 3.05) is 18.5 Å². The molecule has 0 aliphatic carbocycles. The van der Waals surface area contributed by atoms with Gasteiger partial charge in [-0.1, -0.05) is 22.0 Å². The van der Waals surface area contributed by atoms with E-state index in [1.807, 2.05) is 18.2 Å². The zero-order valence-electron chi connectivity index (χ0n) is 14.3. The highest BCUT2D eigenvalue weighted by atomic mass is 79.9. The van der Waals surface area contributed by atoms with Crippen LogP contribution in [-0.4, -0.2) is 35.9 Å². The molecule has 1 rings (SSSR count). The summed E-state index contributed by atoms with van der Waals surface area (Å²) >= 11 is 3.38. The Morgan fingerprint density at radius 1 is 1.29 bits per heavy atom. The third-order valence-corrected chi connectivity index (χ3v) is 3.46. The number of hydrogen-bond acceptors (Lipinski definition) is 4. The molecule has 7 heteroatoms. The molecule has 0 aliphatic heterocycles. The summed E-state index contributed by atoms with van der Waals surface area (Å²) in [5.41, 5.74) is 1.10. The van der Waals surface area contributed by atoms with Gasteiger partial charge in [-0.25, -0.2) is 4.79 Å². The number of halogens is 1. The molecule has 0 fully saturated rings. The van der Waals surface area contributed by atoms with Gasteiger partial charge in [0.1, 0.15) is 5.60 Å². The average molecular weight is 401 g/mol. The first-order valence-electron chi connectivity index (χ1n) is 7.87. The van der Waals surface area contributed by atoms with Crippen molar-refractivity contribution in [2.24, 2.45) is 0 Å². The van der Waals surface area contributed by atoms with Gasteiger partial charge < -0.3 is 20.5 Å². The lowest BCUT2D eigenvalue weighted by molar-refractivity contribution is -0.116. The topological polar surface area (TPSA) is 87.7 Å². The lowest BCUT2D eigenvalue weighted by Gasteiger charge is -2.19. The summed E-state index contributed by atoms with van der Waals surface area (Å²) in [5.74, 6) is -0.200. The summed E-state index contributed by atoms with van der Waals surface area (Å²) < 4.78 is 5.96. The van der Waals surface area contributed by atoms with Crippen molar-refractivity contribution in [3.05, 3.63) is 28.2 Å². The Morgan fingerprint density at radius 3 is 2.62 bits per heavy atom. The van der Waals surface area contributed by atoms with Crippen molar-refractivity contribution < 1.29 is 19.4 Å². The molecule has 0 radical (unpaired) electrons. The van der Waals surface area contributed by atoms with Gasteiger partial charge in [0.25, 0.3) is 0 Å². The van der Waals surface area contributed by atoms with Crippen LogP contribution in [0.25, 0.3) is 0 Å². The number of carbonyl (C=O) groups is 2. The Hall–Kier alpha value is -1.60. The number of benzene rings is 1. The first-order valence-corrected chi connectivity index (χ1v) is 8.66. The SMILES string of the molecule is CC(C)(C)OC(=O)NCCC(=O)Nc1cc(Br)ccc1CCCO. The molecular weight excluding hydrogens is 376 g/mol. The van der Waals surface area contributed by atoms with Gasteiger partial charge in [-0.05, 0) is 51.3 Å². The second-order valence-corrected chi connectivity index (χ2v) is 7.27. The van der Waals surface area contributed by atoms with Crippen LogP contribution in [0.3, 0.4) is 0 Å². The van der Waals surface area contributed by atoms with Crippen LogP contribution in [0.5, 0.6) is 0 Å². The normalized spacial score (nSPS) is 11.0. The number of amides is 2. The van der Waals surface area contributed by atoms with E-state index >= 15 is 0 Å². The van der Waals surface area contributed by atoms with Gasteiger partial charge >= 0.3 is 6.09 Å². The summed E-state index contributed by atoms with van der Waals surface area (Å²) in [5, 5.41) is 14.3. The van der Waals surface area contributed by atoms with E-state index in [4.69, 9.17) is 9.84 Å². The second-order valence-electron chi connectivity index (χ2n) is 6.36. The van der Waals surface area contributed by atoms with Crippen LogP contribution in [0.15, 0.2) is 22.7 Å². The predicted molar refractivity (Wildman–Crippen MR) is 97.0 cm³/mol. The maximum Gasteiger partial charge on any atom is 0.407 e. The Bertz CT molecular complexity index is 570. The van der Waals surface area contributed by atoms with Gasteiger partial charge in [-0.3, -0.25) is 4.79 Å². The van der Waals surface area contributed by atoms with E-state index in [2.05, 4.69) is 26.6 Å². The third kappa shape index (κ3) is 8.31. The van der Waals surface area contributed by atoms with Crippen molar-refractivity contribution in [3.63, 3.8) is 0 Å². The van der Waals surface area contributed by atoms with Gasteiger partial charge in [0, 0.05) is 29.7 Å². The Balaban J connectivity index is 2.50. The highest BCUT2D eigenvalue weighted by molar-refractivity contribution is 9.10. The molecule has 0 saturated heterocycles. The van der Waals surface area contributed by atoms with Crippen LogP contribution in [0.4, 0.5) is 10.5 Å². The number of anilines is 1. The molecule has 0 aromatic heterocycles. The number of ether oxygens (including phenoxy) is 1. The lowest BCUT2D eigenvalue weighted by atomic mass is 10.1. The number of aryl methyl sites for hydroxylation is 1. The minimum Gasteiger partial charge on any atom is -0.444 e. The van der Waals surface area contributed by atoms with Crippen LogP contribution >= 0.6 is 15.9 Å². The number of rotatable bonds is 7. The first-order chi connectivity index (χ1) is 11.2. The van der Waals surface area contributed by atoms with Crippen LogP contribution in [0.1, 0.15) is 39.2 Å². The fourth-order valence-corrected chi connectivity index (χ4v) is 2.32. The third-order valence-electron chi connectivity index (χ3n) is 2.97. The molecule has 0 bridgehead atoms. The number of aliphatic hydroxyl groups excluding tert-OH is 1. The van der Waals surface area contributed by atoms with Gasteiger partial charge in [-0.15, -0.1) is 0 Å². The second kappa shape index (κ2) is 9.64. The number of carbonyl (C=O) groups excluding carboxylic acids is 2. The van der Waals surface area contributed by atoms with Crippen molar-refractivity contribution in [1.82, 2.24) is 5.32 Å². The molecule has 134 valence electrons. The highest BCUT2D eigenvalue weighted by Gasteiger charge is 2.16. The maximum absolute atomic E-state index is 12.0. The minimum absolute atomic E-state index is 0.100. The summed E-state index contributed by atoms with van der Waals surface area (Å²) in [6.07, 6.45) is 0.909. The summed E-state index contributed by atoms with van der Waals surface area (Å²) in [6.45, 7) is 5.63. The summed E-state index contributed by atoms with van der Waals surface area (Å²) in [7, 11) is 0. The number of aliphatic hydroxyl groups is 1. The lowest BCUT2D eigenvalue weighted by Crippen LogP contribution is -2.34. The number of hydrogen-bond donors (Lipinski definition) is 3. The Morgan fingerprint density at radius 2 is 2.00 bits per heavy atom. The van der Waals surface area contributed by atoms with E-state index < -0.39 is 11.7 Å². The van der Waals surface area contributed by atoms with Crippen molar-refractivity contribution in [3.8, 4) is 0 Å². The quantitative estimate of drug-likeness (QED) is 0.655. The van der Waals surface area contributed by atoms with Crippen molar-refractivity contribution in [2.45, 2.75) is 45.6 Å². The first kappa shape index (κ1) is 20.4. The molecule has 0 aliphatic rings.